The van der Waals surface area contributed by atoms with Gasteiger partial charge in [-0.2, -0.15) is 0 Å². The maximum atomic E-state index is 12.8. The first-order valence-corrected chi connectivity index (χ1v) is 13.0. The van der Waals surface area contributed by atoms with Crippen LogP contribution < -0.4 is 15.1 Å². The van der Waals surface area contributed by atoms with E-state index in [1.54, 1.807) is 6.33 Å². The third-order valence-corrected chi connectivity index (χ3v) is 8.09. The lowest BCUT2D eigenvalue weighted by Gasteiger charge is -2.45. The maximum Gasteiger partial charge on any atom is 0.240 e. The zero-order valence-electron chi connectivity index (χ0n) is 21.2. The number of piperidine rings is 1. The van der Waals surface area contributed by atoms with Gasteiger partial charge in [-0.15, -0.1) is 0 Å². The standard InChI is InChI=1S/C28H35N7O/c1-27(2)8-13-33(14-9-27)17-21-3-5-22(6-4-21)35-18-24(36)32-28(19-35)10-15-34(16-11-28)26-23-7-12-29-25(23)30-20-31-26/h3-7,10,12,15,20H,8-9,11,13-14,16-19H2,1-2H3,(H,32,36)(H,29,30,31)/t28-/m1/s1. The number of nitrogens with one attached hydrogen (secondary N) is 2. The Bertz CT molecular complexity index is 1270. The van der Waals surface area contributed by atoms with Crippen LogP contribution >= 0.6 is 0 Å². The van der Waals surface area contributed by atoms with E-state index in [4.69, 9.17) is 0 Å². The molecule has 2 fully saturated rings. The molecule has 8 nitrogen and oxygen atoms in total. The number of rotatable bonds is 4. The van der Waals surface area contributed by atoms with Gasteiger partial charge in [-0.3, -0.25) is 9.69 Å². The number of hydrogen-bond donors (Lipinski definition) is 2. The summed E-state index contributed by atoms with van der Waals surface area (Å²) in [6.07, 6.45) is 11.0. The number of H-pyrrole nitrogens is 1. The third kappa shape index (κ3) is 4.57. The highest BCUT2D eigenvalue weighted by molar-refractivity contribution is 5.88. The van der Waals surface area contributed by atoms with Gasteiger partial charge in [-0.05, 0) is 67.6 Å². The largest absolute Gasteiger partial charge is 0.360 e. The fourth-order valence-corrected chi connectivity index (χ4v) is 5.71. The van der Waals surface area contributed by atoms with E-state index in [1.165, 1.54) is 18.4 Å². The molecule has 8 heteroatoms. The molecule has 0 radical (unpaired) electrons. The highest BCUT2D eigenvalue weighted by atomic mass is 16.2. The van der Waals surface area contributed by atoms with Gasteiger partial charge < -0.3 is 20.1 Å². The zero-order valence-corrected chi connectivity index (χ0v) is 21.2. The van der Waals surface area contributed by atoms with Gasteiger partial charge in [0, 0.05) is 37.7 Å². The van der Waals surface area contributed by atoms with Gasteiger partial charge in [-0.1, -0.05) is 26.0 Å². The number of aromatic nitrogens is 3. The Hall–Kier alpha value is -3.39. The Morgan fingerprint density at radius 2 is 1.81 bits per heavy atom. The molecule has 3 aliphatic heterocycles. The van der Waals surface area contributed by atoms with Crippen LogP contribution in [0, 0.1) is 5.41 Å². The highest BCUT2D eigenvalue weighted by Gasteiger charge is 2.39. The Morgan fingerprint density at radius 3 is 2.56 bits per heavy atom. The fourth-order valence-electron chi connectivity index (χ4n) is 5.71. The quantitative estimate of drug-likeness (QED) is 0.587. The molecule has 2 aromatic heterocycles. The summed E-state index contributed by atoms with van der Waals surface area (Å²) in [5.74, 6) is 0.952. The van der Waals surface area contributed by atoms with Gasteiger partial charge in [0.25, 0.3) is 0 Å². The van der Waals surface area contributed by atoms with Crippen LogP contribution in [0.1, 0.15) is 38.7 Å². The summed E-state index contributed by atoms with van der Waals surface area (Å²) in [7, 11) is 0. The molecule has 0 unspecified atom stereocenters. The van der Waals surface area contributed by atoms with Crippen molar-refractivity contribution in [3.63, 3.8) is 0 Å². The number of hydrogen-bond acceptors (Lipinski definition) is 6. The summed E-state index contributed by atoms with van der Waals surface area (Å²) in [6.45, 7) is 9.98. The molecule has 3 aromatic rings. The van der Waals surface area contributed by atoms with Crippen LogP contribution in [0.3, 0.4) is 0 Å². The zero-order chi connectivity index (χ0) is 24.8. The Balaban J connectivity index is 1.14. The molecule has 5 heterocycles. The molecule has 2 N–H and O–H groups in total. The lowest BCUT2D eigenvalue weighted by Crippen LogP contribution is -2.64. The molecule has 1 atom stereocenters. The van der Waals surface area contributed by atoms with Crippen molar-refractivity contribution in [2.75, 3.05) is 42.5 Å². The third-order valence-electron chi connectivity index (χ3n) is 8.09. The van der Waals surface area contributed by atoms with Crippen molar-refractivity contribution in [3.8, 4) is 0 Å². The van der Waals surface area contributed by atoms with Gasteiger partial charge in [0.05, 0.1) is 17.5 Å². The predicted molar refractivity (Wildman–Crippen MR) is 143 cm³/mol. The first-order chi connectivity index (χ1) is 17.4. The number of piperazine rings is 1. The number of amides is 1. The predicted octanol–water partition coefficient (Wildman–Crippen LogP) is 3.68. The number of anilines is 2. The van der Waals surface area contributed by atoms with Gasteiger partial charge in [0.15, 0.2) is 0 Å². The van der Waals surface area contributed by atoms with Crippen LogP contribution in [0.4, 0.5) is 11.5 Å². The van der Waals surface area contributed by atoms with E-state index in [9.17, 15) is 4.79 Å². The van der Waals surface area contributed by atoms with E-state index in [0.29, 0.717) is 12.0 Å². The van der Waals surface area contributed by atoms with E-state index in [0.717, 1.165) is 61.7 Å². The second-order valence-corrected chi connectivity index (χ2v) is 11.4. The molecule has 1 aromatic carbocycles. The number of aromatic amines is 1. The van der Waals surface area contributed by atoms with Crippen LogP contribution in [0.5, 0.6) is 0 Å². The molecule has 36 heavy (non-hydrogen) atoms. The summed E-state index contributed by atoms with van der Waals surface area (Å²) in [5.41, 5.74) is 3.37. The minimum Gasteiger partial charge on any atom is -0.360 e. The lowest BCUT2D eigenvalue weighted by molar-refractivity contribution is -0.122. The molecular weight excluding hydrogens is 450 g/mol. The molecule has 188 valence electrons. The van der Waals surface area contributed by atoms with E-state index >= 15 is 0 Å². The minimum absolute atomic E-state index is 0.0643. The molecule has 3 aliphatic rings. The number of nitrogens with zero attached hydrogens (tertiary/aromatic N) is 5. The lowest BCUT2D eigenvalue weighted by atomic mass is 9.82. The monoisotopic (exact) mass is 485 g/mol. The molecule has 0 aliphatic carbocycles. The van der Waals surface area contributed by atoms with Gasteiger partial charge in [0.1, 0.15) is 17.8 Å². The minimum atomic E-state index is -0.380. The van der Waals surface area contributed by atoms with Crippen molar-refractivity contribution in [3.05, 3.63) is 60.7 Å². The average molecular weight is 486 g/mol. The van der Waals surface area contributed by atoms with Gasteiger partial charge >= 0.3 is 0 Å². The molecule has 0 saturated carbocycles. The highest BCUT2D eigenvalue weighted by Crippen LogP contribution is 2.32. The number of carbonyl (C=O) groups excluding carboxylic acids is 1. The maximum absolute atomic E-state index is 12.8. The SMILES string of the molecule is CC1(C)CCN(Cc2ccc(N3CC(=O)N[C@@]4(C=CN(c5ncnc6[nH]ccc56)CC4)C3)cc2)CC1. The van der Waals surface area contributed by atoms with Crippen LogP contribution in [0.2, 0.25) is 0 Å². The molecule has 0 bridgehead atoms. The van der Waals surface area contributed by atoms with Crippen LogP contribution in [-0.2, 0) is 11.3 Å². The van der Waals surface area contributed by atoms with Crippen molar-refractivity contribution in [1.82, 2.24) is 25.2 Å². The van der Waals surface area contributed by atoms with E-state index in [2.05, 4.69) is 85.4 Å². The normalized spacial score (nSPS) is 24.4. The first kappa shape index (κ1) is 23.0. The molecule has 2 saturated heterocycles. The number of likely N-dealkylation sites (tertiary alicyclic amines) is 1. The number of benzene rings is 1. The summed E-state index contributed by atoms with van der Waals surface area (Å²) >= 11 is 0. The Morgan fingerprint density at radius 1 is 1.00 bits per heavy atom. The molecule has 1 spiro atoms. The molecule has 1 amide bonds. The second kappa shape index (κ2) is 8.92. The Kier molecular flexibility index (Phi) is 5.71. The van der Waals surface area contributed by atoms with E-state index in [1.807, 2.05) is 12.3 Å². The summed E-state index contributed by atoms with van der Waals surface area (Å²) in [4.78, 5) is 31.6. The average Bonchev–Trinajstić information content (AvgIpc) is 3.35. The van der Waals surface area contributed by atoms with Crippen molar-refractivity contribution >= 4 is 28.4 Å². The second-order valence-electron chi connectivity index (χ2n) is 11.4. The summed E-state index contributed by atoms with van der Waals surface area (Å²) in [6, 6.07) is 10.8. The van der Waals surface area contributed by atoms with Crippen molar-refractivity contribution in [1.29, 1.82) is 0 Å². The Labute approximate surface area is 212 Å². The van der Waals surface area contributed by atoms with Crippen LogP contribution in [0.15, 0.2) is 55.1 Å². The van der Waals surface area contributed by atoms with E-state index < -0.39 is 0 Å². The summed E-state index contributed by atoms with van der Waals surface area (Å²) in [5, 5.41) is 4.27. The van der Waals surface area contributed by atoms with E-state index in [-0.39, 0.29) is 11.4 Å². The topological polar surface area (TPSA) is 80.4 Å². The fraction of sp³-hybridized carbons (Fsp3) is 0.464. The van der Waals surface area contributed by atoms with Crippen LogP contribution in [0.25, 0.3) is 11.0 Å². The van der Waals surface area contributed by atoms with Crippen molar-refractivity contribution in [2.24, 2.45) is 5.41 Å². The summed E-state index contributed by atoms with van der Waals surface area (Å²) < 4.78 is 0. The van der Waals surface area contributed by atoms with Crippen molar-refractivity contribution < 1.29 is 4.79 Å². The van der Waals surface area contributed by atoms with Crippen molar-refractivity contribution in [2.45, 2.75) is 45.2 Å². The molecular formula is C28H35N7O. The smallest absolute Gasteiger partial charge is 0.240 e. The van der Waals surface area contributed by atoms with Crippen LogP contribution in [-0.4, -0.2) is 64.0 Å². The van der Waals surface area contributed by atoms with Gasteiger partial charge in [-0.25, -0.2) is 9.97 Å². The molecule has 6 rings (SSSR count). The first-order valence-electron chi connectivity index (χ1n) is 13.0. The number of carbonyl (C=O) groups is 1. The number of fused-ring (bicyclic) bond motifs is 1. The van der Waals surface area contributed by atoms with Gasteiger partial charge in [0.2, 0.25) is 5.91 Å².